The second-order valence-electron chi connectivity index (χ2n) is 5.16. The summed E-state index contributed by atoms with van der Waals surface area (Å²) < 4.78 is 27.0. The highest BCUT2D eigenvalue weighted by molar-refractivity contribution is 7.93. The number of aryl methyl sites for hydroxylation is 2. The van der Waals surface area contributed by atoms with Crippen molar-refractivity contribution >= 4 is 32.4 Å². The molecule has 2 rings (SSSR count). The maximum atomic E-state index is 12.3. The van der Waals surface area contributed by atoms with E-state index in [1.807, 2.05) is 6.92 Å². The summed E-state index contributed by atoms with van der Waals surface area (Å²) in [4.78, 5) is 15.9. The summed E-state index contributed by atoms with van der Waals surface area (Å²) in [6.07, 6.45) is 2.35. The van der Waals surface area contributed by atoms with E-state index in [0.717, 1.165) is 5.56 Å². The molecule has 0 atom stereocenters. The number of hydrogen-bond donors (Lipinski definition) is 2. The van der Waals surface area contributed by atoms with Crippen LogP contribution in [0.2, 0.25) is 0 Å². The van der Waals surface area contributed by atoms with Crippen molar-refractivity contribution in [1.29, 1.82) is 0 Å². The zero-order chi connectivity index (χ0) is 17.6. The molecule has 0 spiro atoms. The van der Waals surface area contributed by atoms with E-state index < -0.39 is 10.0 Å². The summed E-state index contributed by atoms with van der Waals surface area (Å²) >= 11 is 1.19. The highest BCUT2D eigenvalue weighted by Gasteiger charge is 2.16. The Hall–Kier alpha value is -2.19. The molecule has 0 radical (unpaired) electrons. The lowest BCUT2D eigenvalue weighted by Gasteiger charge is -2.05. The number of anilines is 1. The number of rotatable bonds is 8. The largest absolute Gasteiger partial charge is 0.353 e. The first-order valence-electron chi connectivity index (χ1n) is 7.32. The average molecular weight is 365 g/mol. The number of nitrogens with zero attached hydrogens (tertiary/aromatic N) is 1. The molecule has 24 heavy (non-hydrogen) atoms. The summed E-state index contributed by atoms with van der Waals surface area (Å²) in [5, 5.41) is 4.71. The Morgan fingerprint density at radius 1 is 1.33 bits per heavy atom. The Morgan fingerprint density at radius 3 is 2.71 bits per heavy atom. The van der Waals surface area contributed by atoms with Crippen LogP contribution in [0.1, 0.15) is 17.7 Å². The molecule has 0 aliphatic heterocycles. The average Bonchev–Trinajstić information content (AvgIpc) is 2.98. The Kier molecular flexibility index (Phi) is 6.10. The molecule has 0 saturated carbocycles. The number of thiazole rings is 1. The molecule has 1 aromatic carbocycles. The quantitative estimate of drug-likeness (QED) is 0.704. The molecule has 1 heterocycles. The van der Waals surface area contributed by atoms with Crippen molar-refractivity contribution in [2.24, 2.45) is 0 Å². The minimum Gasteiger partial charge on any atom is -0.353 e. The molecule has 2 aromatic rings. The molecule has 1 amide bonds. The van der Waals surface area contributed by atoms with Gasteiger partial charge in [-0.05, 0) is 25.5 Å². The number of amides is 1. The van der Waals surface area contributed by atoms with E-state index >= 15 is 0 Å². The van der Waals surface area contributed by atoms with Gasteiger partial charge in [-0.25, -0.2) is 13.4 Å². The van der Waals surface area contributed by atoms with Gasteiger partial charge in [0.1, 0.15) is 0 Å². The van der Waals surface area contributed by atoms with E-state index in [2.05, 4.69) is 21.6 Å². The summed E-state index contributed by atoms with van der Waals surface area (Å²) in [6, 6.07) is 6.58. The van der Waals surface area contributed by atoms with Crippen molar-refractivity contribution in [3.8, 4) is 0 Å². The molecule has 0 unspecified atom stereocenters. The van der Waals surface area contributed by atoms with Crippen LogP contribution in [-0.2, 0) is 21.2 Å². The molecule has 8 heteroatoms. The Labute approximate surface area is 145 Å². The lowest BCUT2D eigenvalue weighted by Crippen LogP contribution is -2.23. The van der Waals surface area contributed by atoms with Crippen molar-refractivity contribution in [2.75, 3.05) is 11.3 Å². The van der Waals surface area contributed by atoms with E-state index in [-0.39, 0.29) is 15.9 Å². The number of benzene rings is 1. The smallest absolute Gasteiger partial charge is 0.263 e. The van der Waals surface area contributed by atoms with Gasteiger partial charge in [0.15, 0.2) is 5.13 Å². The van der Waals surface area contributed by atoms with Crippen molar-refractivity contribution in [3.05, 3.63) is 53.6 Å². The molecule has 0 aliphatic rings. The van der Waals surface area contributed by atoms with Gasteiger partial charge in [-0.2, -0.15) is 0 Å². The molecule has 2 N–H and O–H groups in total. The number of aromatic nitrogens is 1. The summed E-state index contributed by atoms with van der Waals surface area (Å²) in [5.41, 5.74) is 1.66. The van der Waals surface area contributed by atoms with Crippen molar-refractivity contribution in [2.45, 2.75) is 24.7 Å². The third-order valence-electron chi connectivity index (χ3n) is 3.16. The summed E-state index contributed by atoms with van der Waals surface area (Å²) in [7, 11) is -3.65. The van der Waals surface area contributed by atoms with Crippen LogP contribution in [0.5, 0.6) is 0 Å². The zero-order valence-corrected chi connectivity index (χ0v) is 14.9. The van der Waals surface area contributed by atoms with Gasteiger partial charge >= 0.3 is 0 Å². The minimum atomic E-state index is -3.65. The predicted octanol–water partition coefficient (Wildman–Crippen LogP) is 2.49. The lowest BCUT2D eigenvalue weighted by atomic mass is 10.2. The first-order chi connectivity index (χ1) is 11.4. The number of carbonyl (C=O) groups is 1. The van der Waals surface area contributed by atoms with Gasteiger partial charge < -0.3 is 5.32 Å². The maximum Gasteiger partial charge on any atom is 0.263 e. The molecule has 0 fully saturated rings. The fourth-order valence-electron chi connectivity index (χ4n) is 1.88. The highest BCUT2D eigenvalue weighted by atomic mass is 32.2. The molecule has 0 aliphatic carbocycles. The molecule has 6 nitrogen and oxygen atoms in total. The third-order valence-corrected chi connectivity index (χ3v) is 5.45. The van der Waals surface area contributed by atoms with E-state index in [4.69, 9.17) is 0 Å². The fourth-order valence-corrected chi connectivity index (χ4v) is 3.87. The van der Waals surface area contributed by atoms with Crippen LogP contribution < -0.4 is 10.0 Å². The van der Waals surface area contributed by atoms with Gasteiger partial charge in [0.25, 0.3) is 10.0 Å². The van der Waals surface area contributed by atoms with Gasteiger partial charge in [0, 0.05) is 18.3 Å². The van der Waals surface area contributed by atoms with Crippen molar-refractivity contribution < 1.29 is 13.2 Å². The molecule has 0 bridgehead atoms. The van der Waals surface area contributed by atoms with Crippen LogP contribution in [0, 0.1) is 6.92 Å². The number of hydrogen-bond acceptors (Lipinski definition) is 5. The fraction of sp³-hybridized carbons (Fsp3) is 0.250. The standard InChI is InChI=1S/C16H19N3O3S2/c1-3-10-17-15(20)9-6-13-11-23-16(18-13)19-24(21,22)14-7-4-12(2)5-8-14/h3-5,7-8,11H,1,6,9-10H2,2H3,(H,17,20)(H,18,19). The minimum absolute atomic E-state index is 0.0929. The van der Waals surface area contributed by atoms with Crippen molar-refractivity contribution in [1.82, 2.24) is 10.3 Å². The molecule has 0 saturated heterocycles. The first kappa shape index (κ1) is 18.2. The van der Waals surface area contributed by atoms with Crippen LogP contribution in [-0.4, -0.2) is 25.9 Å². The van der Waals surface area contributed by atoms with E-state index in [1.54, 1.807) is 35.7 Å². The second-order valence-corrected chi connectivity index (χ2v) is 7.70. The van der Waals surface area contributed by atoms with E-state index in [0.29, 0.717) is 25.1 Å². The van der Waals surface area contributed by atoms with Gasteiger partial charge in [0.2, 0.25) is 5.91 Å². The molecular formula is C16H19N3O3S2. The first-order valence-corrected chi connectivity index (χ1v) is 9.68. The number of sulfonamides is 1. The van der Waals surface area contributed by atoms with Crippen LogP contribution in [0.3, 0.4) is 0 Å². The summed E-state index contributed by atoms with van der Waals surface area (Å²) in [5.74, 6) is -0.0929. The lowest BCUT2D eigenvalue weighted by molar-refractivity contribution is -0.120. The SMILES string of the molecule is C=CCNC(=O)CCc1csc(NS(=O)(=O)c2ccc(C)cc2)n1. The normalized spacial score (nSPS) is 11.0. The topological polar surface area (TPSA) is 88.2 Å². The van der Waals surface area contributed by atoms with Crippen LogP contribution in [0.15, 0.2) is 47.2 Å². The van der Waals surface area contributed by atoms with Gasteiger partial charge in [-0.15, -0.1) is 17.9 Å². The third kappa shape index (κ3) is 5.17. The van der Waals surface area contributed by atoms with Gasteiger partial charge in [-0.3, -0.25) is 9.52 Å². The maximum absolute atomic E-state index is 12.3. The predicted molar refractivity (Wildman–Crippen MR) is 95.6 cm³/mol. The van der Waals surface area contributed by atoms with Gasteiger partial charge in [0.05, 0.1) is 10.6 Å². The van der Waals surface area contributed by atoms with Crippen LogP contribution >= 0.6 is 11.3 Å². The van der Waals surface area contributed by atoms with E-state index in [1.165, 1.54) is 11.3 Å². The van der Waals surface area contributed by atoms with Crippen LogP contribution in [0.25, 0.3) is 0 Å². The second kappa shape index (κ2) is 8.07. The monoisotopic (exact) mass is 365 g/mol. The Morgan fingerprint density at radius 2 is 2.04 bits per heavy atom. The molecule has 1 aromatic heterocycles. The van der Waals surface area contributed by atoms with Crippen LogP contribution in [0.4, 0.5) is 5.13 Å². The zero-order valence-electron chi connectivity index (χ0n) is 13.3. The van der Waals surface area contributed by atoms with Crippen molar-refractivity contribution in [3.63, 3.8) is 0 Å². The van der Waals surface area contributed by atoms with E-state index in [9.17, 15) is 13.2 Å². The highest BCUT2D eigenvalue weighted by Crippen LogP contribution is 2.21. The number of nitrogens with one attached hydrogen (secondary N) is 2. The Bertz CT molecular complexity index is 811. The Balaban J connectivity index is 1.96. The van der Waals surface area contributed by atoms with Gasteiger partial charge in [-0.1, -0.05) is 23.8 Å². The number of carbonyl (C=O) groups excluding carboxylic acids is 1. The molecule has 128 valence electrons. The summed E-state index contributed by atoms with van der Waals surface area (Å²) in [6.45, 7) is 5.85. The molecular weight excluding hydrogens is 346 g/mol.